The molecule has 1 aliphatic rings. The molecule has 5 nitrogen and oxygen atoms in total. The van der Waals surface area contributed by atoms with Crippen molar-refractivity contribution in [1.82, 2.24) is 0 Å². The van der Waals surface area contributed by atoms with Crippen LogP contribution in [-0.4, -0.2) is 19.0 Å². The van der Waals surface area contributed by atoms with Gasteiger partial charge in [-0.1, -0.05) is 0 Å². The number of nitrogens with one attached hydrogen (secondary N) is 1. The van der Waals surface area contributed by atoms with Crippen molar-refractivity contribution in [3.05, 3.63) is 42.0 Å². The molecule has 1 heterocycles. The highest BCUT2D eigenvalue weighted by molar-refractivity contribution is 5.56. The molecule has 20 heavy (non-hydrogen) atoms. The van der Waals surface area contributed by atoms with Crippen LogP contribution in [0.4, 0.5) is 5.69 Å². The quantitative estimate of drug-likeness (QED) is 0.897. The van der Waals surface area contributed by atoms with E-state index in [9.17, 15) is 5.11 Å². The summed E-state index contributed by atoms with van der Waals surface area (Å²) in [4.78, 5) is 0. The standard InChI is InChI=1S/C15H15NO4/c1-18-12-3-4-13(17)10(6-12)8-16-11-2-5-14-15(7-11)20-9-19-14/h2-7,16-17H,8-9H2,1H3. The minimum Gasteiger partial charge on any atom is -0.508 e. The van der Waals surface area contributed by atoms with Crippen LogP contribution in [-0.2, 0) is 6.54 Å². The fourth-order valence-corrected chi connectivity index (χ4v) is 2.03. The third-order valence-electron chi connectivity index (χ3n) is 3.14. The minimum atomic E-state index is 0.235. The van der Waals surface area contributed by atoms with Crippen LogP contribution >= 0.6 is 0 Å². The summed E-state index contributed by atoms with van der Waals surface area (Å²) in [6, 6.07) is 10.8. The number of ether oxygens (including phenoxy) is 3. The lowest BCUT2D eigenvalue weighted by Crippen LogP contribution is -2.00. The van der Waals surface area contributed by atoms with Gasteiger partial charge in [0.1, 0.15) is 11.5 Å². The summed E-state index contributed by atoms with van der Waals surface area (Å²) in [7, 11) is 1.60. The predicted molar refractivity (Wildman–Crippen MR) is 74.6 cm³/mol. The SMILES string of the molecule is COc1ccc(O)c(CNc2ccc3c(c2)OCO3)c1. The van der Waals surface area contributed by atoms with E-state index in [4.69, 9.17) is 14.2 Å². The number of phenols is 1. The lowest BCUT2D eigenvalue weighted by atomic mass is 10.2. The highest BCUT2D eigenvalue weighted by atomic mass is 16.7. The molecule has 0 amide bonds. The molecule has 2 aromatic carbocycles. The monoisotopic (exact) mass is 273 g/mol. The smallest absolute Gasteiger partial charge is 0.231 e. The maximum absolute atomic E-state index is 9.82. The highest BCUT2D eigenvalue weighted by Gasteiger charge is 2.13. The van der Waals surface area contributed by atoms with Crippen LogP contribution in [0.1, 0.15) is 5.56 Å². The first-order valence-corrected chi connectivity index (χ1v) is 6.25. The molecule has 1 aliphatic heterocycles. The van der Waals surface area contributed by atoms with Crippen molar-refractivity contribution in [3.8, 4) is 23.0 Å². The van der Waals surface area contributed by atoms with Gasteiger partial charge in [-0.3, -0.25) is 0 Å². The van der Waals surface area contributed by atoms with Crippen LogP contribution in [0, 0.1) is 0 Å². The van der Waals surface area contributed by atoms with E-state index in [-0.39, 0.29) is 12.5 Å². The van der Waals surface area contributed by atoms with E-state index in [0.29, 0.717) is 12.3 Å². The van der Waals surface area contributed by atoms with Gasteiger partial charge < -0.3 is 24.6 Å². The van der Waals surface area contributed by atoms with Crippen LogP contribution in [0.15, 0.2) is 36.4 Å². The molecule has 0 saturated heterocycles. The van der Waals surface area contributed by atoms with Gasteiger partial charge in [0, 0.05) is 23.9 Å². The fourth-order valence-electron chi connectivity index (χ4n) is 2.03. The van der Waals surface area contributed by atoms with Gasteiger partial charge >= 0.3 is 0 Å². The van der Waals surface area contributed by atoms with Gasteiger partial charge in [-0.25, -0.2) is 0 Å². The first kappa shape index (κ1) is 12.5. The van der Waals surface area contributed by atoms with Crippen molar-refractivity contribution in [2.75, 3.05) is 19.2 Å². The molecule has 0 atom stereocenters. The molecule has 3 rings (SSSR count). The lowest BCUT2D eigenvalue weighted by Gasteiger charge is -2.10. The predicted octanol–water partition coefficient (Wildman–Crippen LogP) is 2.74. The molecule has 0 aromatic heterocycles. The van der Waals surface area contributed by atoms with E-state index >= 15 is 0 Å². The summed E-state index contributed by atoms with van der Waals surface area (Å²) < 4.78 is 15.7. The number of fused-ring (bicyclic) bond motifs is 1. The number of phenolic OH excluding ortho intramolecular Hbond substituents is 1. The Labute approximate surface area is 116 Å². The van der Waals surface area contributed by atoms with Crippen molar-refractivity contribution >= 4 is 5.69 Å². The first-order valence-electron chi connectivity index (χ1n) is 6.25. The largest absolute Gasteiger partial charge is 0.508 e. The number of benzene rings is 2. The third-order valence-corrected chi connectivity index (χ3v) is 3.14. The van der Waals surface area contributed by atoms with E-state index in [1.165, 1.54) is 0 Å². The molecule has 0 fully saturated rings. The van der Waals surface area contributed by atoms with Crippen molar-refractivity contribution in [1.29, 1.82) is 0 Å². The molecule has 0 unspecified atom stereocenters. The second-order valence-corrected chi connectivity index (χ2v) is 4.42. The van der Waals surface area contributed by atoms with Crippen LogP contribution < -0.4 is 19.5 Å². The van der Waals surface area contributed by atoms with E-state index in [1.54, 1.807) is 25.3 Å². The third kappa shape index (κ3) is 2.42. The number of aromatic hydroxyl groups is 1. The number of anilines is 1. The molecule has 2 N–H and O–H groups in total. The zero-order valence-corrected chi connectivity index (χ0v) is 11.1. The van der Waals surface area contributed by atoms with Gasteiger partial charge in [-0.05, 0) is 30.3 Å². The molecule has 2 aromatic rings. The average molecular weight is 273 g/mol. The zero-order chi connectivity index (χ0) is 13.9. The van der Waals surface area contributed by atoms with E-state index < -0.39 is 0 Å². The Hall–Kier alpha value is -2.56. The highest BCUT2D eigenvalue weighted by Crippen LogP contribution is 2.34. The van der Waals surface area contributed by atoms with Gasteiger partial charge in [-0.15, -0.1) is 0 Å². The van der Waals surface area contributed by atoms with E-state index in [2.05, 4.69) is 5.32 Å². The first-order chi connectivity index (χ1) is 9.76. The van der Waals surface area contributed by atoms with Crippen molar-refractivity contribution < 1.29 is 19.3 Å². The molecular formula is C15H15NO4. The molecule has 5 heteroatoms. The van der Waals surface area contributed by atoms with Gasteiger partial charge in [-0.2, -0.15) is 0 Å². The van der Waals surface area contributed by atoms with Gasteiger partial charge in [0.2, 0.25) is 6.79 Å². The van der Waals surface area contributed by atoms with Crippen molar-refractivity contribution in [3.63, 3.8) is 0 Å². The Kier molecular flexibility index (Phi) is 3.25. The van der Waals surface area contributed by atoms with Crippen LogP contribution in [0.25, 0.3) is 0 Å². The normalized spacial score (nSPS) is 12.2. The molecular weight excluding hydrogens is 258 g/mol. The summed E-state index contributed by atoms with van der Waals surface area (Å²) in [5, 5.41) is 13.1. The summed E-state index contributed by atoms with van der Waals surface area (Å²) in [6.07, 6.45) is 0. The van der Waals surface area contributed by atoms with Gasteiger partial charge in [0.25, 0.3) is 0 Å². The second-order valence-electron chi connectivity index (χ2n) is 4.42. The molecule has 0 saturated carbocycles. The maximum Gasteiger partial charge on any atom is 0.231 e. The Bertz CT molecular complexity index is 627. The van der Waals surface area contributed by atoms with Crippen LogP contribution in [0.2, 0.25) is 0 Å². The minimum absolute atomic E-state index is 0.235. The molecule has 0 bridgehead atoms. The van der Waals surface area contributed by atoms with Gasteiger partial charge in [0.15, 0.2) is 11.5 Å². The van der Waals surface area contributed by atoms with Crippen LogP contribution in [0.5, 0.6) is 23.0 Å². The van der Waals surface area contributed by atoms with E-state index in [1.807, 2.05) is 18.2 Å². The number of rotatable bonds is 4. The number of hydrogen-bond donors (Lipinski definition) is 2. The zero-order valence-electron chi connectivity index (χ0n) is 11.1. The summed E-state index contributed by atoms with van der Waals surface area (Å²) in [5.74, 6) is 2.42. The number of hydrogen-bond acceptors (Lipinski definition) is 5. The maximum atomic E-state index is 9.82. The molecule has 0 radical (unpaired) electrons. The van der Waals surface area contributed by atoms with Crippen LogP contribution in [0.3, 0.4) is 0 Å². The number of methoxy groups -OCH3 is 1. The van der Waals surface area contributed by atoms with Crippen molar-refractivity contribution in [2.24, 2.45) is 0 Å². The average Bonchev–Trinajstić information content (AvgIpc) is 2.94. The van der Waals surface area contributed by atoms with Crippen molar-refractivity contribution in [2.45, 2.75) is 6.54 Å². The second kappa shape index (κ2) is 5.21. The summed E-state index contributed by atoms with van der Waals surface area (Å²) in [6.45, 7) is 0.748. The summed E-state index contributed by atoms with van der Waals surface area (Å²) in [5.41, 5.74) is 1.67. The Balaban J connectivity index is 1.73. The Morgan fingerprint density at radius 1 is 1.15 bits per heavy atom. The van der Waals surface area contributed by atoms with Gasteiger partial charge in [0.05, 0.1) is 7.11 Å². The molecule has 0 aliphatic carbocycles. The molecule has 0 spiro atoms. The lowest BCUT2D eigenvalue weighted by molar-refractivity contribution is 0.174. The van der Waals surface area contributed by atoms with E-state index in [0.717, 1.165) is 22.7 Å². The molecule has 104 valence electrons. The Morgan fingerprint density at radius 3 is 2.85 bits per heavy atom. The summed E-state index contributed by atoms with van der Waals surface area (Å²) >= 11 is 0. The topological polar surface area (TPSA) is 60.0 Å². The Morgan fingerprint density at radius 2 is 2.00 bits per heavy atom. The fraction of sp³-hybridized carbons (Fsp3) is 0.200.